The van der Waals surface area contributed by atoms with Crippen LogP contribution < -0.4 is 15.5 Å². The maximum atomic E-state index is 4.63. The third kappa shape index (κ3) is 2.59. The second kappa shape index (κ2) is 5.97. The van der Waals surface area contributed by atoms with E-state index in [0.717, 1.165) is 31.3 Å². The number of pyridine rings is 1. The Balaban J connectivity index is 1.59. The van der Waals surface area contributed by atoms with E-state index in [0.29, 0.717) is 6.04 Å². The second-order valence-electron chi connectivity index (χ2n) is 6.64. The summed E-state index contributed by atoms with van der Waals surface area (Å²) >= 11 is 0. The first-order valence-electron chi connectivity index (χ1n) is 8.82. The van der Waals surface area contributed by atoms with Gasteiger partial charge >= 0.3 is 0 Å². The van der Waals surface area contributed by atoms with Crippen LogP contribution in [0, 0.1) is 0 Å². The van der Waals surface area contributed by atoms with Gasteiger partial charge in [-0.05, 0) is 48.5 Å². The van der Waals surface area contributed by atoms with Gasteiger partial charge in [0.1, 0.15) is 18.0 Å². The van der Waals surface area contributed by atoms with Gasteiger partial charge in [0.15, 0.2) is 0 Å². The Morgan fingerprint density at radius 2 is 2.00 bits per heavy atom. The lowest BCUT2D eigenvalue weighted by atomic mass is 9.92. The van der Waals surface area contributed by atoms with Crippen molar-refractivity contribution < 1.29 is 0 Å². The van der Waals surface area contributed by atoms with Gasteiger partial charge in [-0.25, -0.2) is 15.0 Å². The Labute approximate surface area is 146 Å². The number of rotatable bonds is 4. The summed E-state index contributed by atoms with van der Waals surface area (Å²) in [6.07, 6.45) is 7.72. The van der Waals surface area contributed by atoms with E-state index in [1.807, 2.05) is 12.3 Å². The Bertz CT molecular complexity index is 902. The molecule has 4 heterocycles. The molecular weight excluding hydrogens is 312 g/mol. The van der Waals surface area contributed by atoms with E-state index in [1.165, 1.54) is 41.2 Å². The van der Waals surface area contributed by atoms with Crippen LogP contribution in [-0.2, 0) is 0 Å². The summed E-state index contributed by atoms with van der Waals surface area (Å²) in [4.78, 5) is 15.2. The number of hydrogen-bond donors (Lipinski definition) is 2. The molecule has 3 aromatic rings. The van der Waals surface area contributed by atoms with Crippen molar-refractivity contribution in [3.8, 4) is 0 Å². The summed E-state index contributed by atoms with van der Waals surface area (Å²) in [5.41, 5.74) is 2.66. The average molecular weight is 332 g/mol. The number of nitrogens with one attached hydrogen (secondary N) is 2. The first-order valence-corrected chi connectivity index (χ1v) is 8.82. The lowest BCUT2D eigenvalue weighted by Gasteiger charge is -2.35. The molecule has 2 fully saturated rings. The highest BCUT2D eigenvalue weighted by molar-refractivity contribution is 5.98. The van der Waals surface area contributed by atoms with Gasteiger partial charge in [0.25, 0.3) is 0 Å². The molecule has 0 amide bonds. The van der Waals surface area contributed by atoms with Crippen molar-refractivity contribution in [3.05, 3.63) is 48.5 Å². The first-order chi connectivity index (χ1) is 12.4. The third-order valence-corrected chi connectivity index (χ3v) is 5.15. The van der Waals surface area contributed by atoms with Crippen molar-refractivity contribution in [3.63, 3.8) is 0 Å². The van der Waals surface area contributed by atoms with Crippen LogP contribution in [0.25, 0.3) is 10.8 Å². The average Bonchev–Trinajstić information content (AvgIpc) is 2.54. The molecule has 1 aromatic carbocycles. The predicted molar refractivity (Wildman–Crippen MR) is 99.2 cm³/mol. The zero-order valence-corrected chi connectivity index (χ0v) is 13.9. The van der Waals surface area contributed by atoms with Crippen molar-refractivity contribution in [2.45, 2.75) is 18.9 Å². The molecule has 2 saturated heterocycles. The molecule has 5 rings (SSSR count). The van der Waals surface area contributed by atoms with Crippen molar-refractivity contribution in [1.29, 1.82) is 0 Å². The molecule has 1 unspecified atom stereocenters. The number of hydrogen-bond acceptors (Lipinski definition) is 6. The van der Waals surface area contributed by atoms with Crippen molar-refractivity contribution in [1.82, 2.24) is 20.3 Å². The normalized spacial score (nSPS) is 19.4. The minimum atomic E-state index is 0.447. The van der Waals surface area contributed by atoms with Gasteiger partial charge in [-0.1, -0.05) is 6.07 Å². The Hall–Kier alpha value is -2.73. The number of aromatic nitrogens is 3. The molecule has 0 aliphatic carbocycles. The quantitative estimate of drug-likeness (QED) is 0.766. The zero-order chi connectivity index (χ0) is 16.6. The fraction of sp³-hybridized carbons (Fsp3) is 0.316. The number of benzene rings is 1. The van der Waals surface area contributed by atoms with E-state index in [2.05, 4.69) is 48.7 Å². The monoisotopic (exact) mass is 332 g/mol. The lowest BCUT2D eigenvalue weighted by molar-refractivity contribution is 0.385. The zero-order valence-electron chi connectivity index (χ0n) is 13.9. The van der Waals surface area contributed by atoms with Gasteiger partial charge in [-0.15, -0.1) is 0 Å². The highest BCUT2D eigenvalue weighted by atomic mass is 15.2. The second-order valence-corrected chi connectivity index (χ2v) is 6.64. The Morgan fingerprint density at radius 3 is 2.68 bits per heavy atom. The molecule has 126 valence electrons. The molecule has 25 heavy (non-hydrogen) atoms. The molecule has 0 saturated carbocycles. The maximum Gasteiger partial charge on any atom is 0.134 e. The van der Waals surface area contributed by atoms with Gasteiger partial charge in [-0.3, -0.25) is 0 Å². The molecule has 2 aliphatic rings. The van der Waals surface area contributed by atoms with Crippen LogP contribution in [0.1, 0.15) is 24.4 Å². The van der Waals surface area contributed by atoms with E-state index in [-0.39, 0.29) is 0 Å². The largest absolute Gasteiger partial charge is 0.371 e. The van der Waals surface area contributed by atoms with Crippen LogP contribution in [0.2, 0.25) is 0 Å². The summed E-state index contributed by atoms with van der Waals surface area (Å²) in [5, 5.41) is 9.31. The fourth-order valence-electron chi connectivity index (χ4n) is 3.50. The predicted octanol–water partition coefficient (Wildman–Crippen LogP) is 3.01. The molecule has 2 N–H and O–H groups in total. The maximum absolute atomic E-state index is 4.63. The van der Waals surface area contributed by atoms with Crippen molar-refractivity contribution in [2.75, 3.05) is 29.9 Å². The molecule has 6 nitrogen and oxygen atoms in total. The van der Waals surface area contributed by atoms with Crippen LogP contribution in [0.5, 0.6) is 0 Å². The van der Waals surface area contributed by atoms with Crippen molar-refractivity contribution in [2.24, 2.45) is 0 Å². The molecular formula is C19H20N6. The summed E-state index contributed by atoms with van der Waals surface area (Å²) in [5.74, 6) is 1.57. The van der Waals surface area contributed by atoms with Gasteiger partial charge in [0, 0.05) is 42.6 Å². The van der Waals surface area contributed by atoms with Crippen molar-refractivity contribution >= 4 is 28.1 Å². The van der Waals surface area contributed by atoms with E-state index >= 15 is 0 Å². The van der Waals surface area contributed by atoms with Gasteiger partial charge in [0.05, 0.1) is 0 Å². The molecule has 0 spiro atoms. The van der Waals surface area contributed by atoms with E-state index in [1.54, 1.807) is 6.20 Å². The molecule has 0 radical (unpaired) electrons. The van der Waals surface area contributed by atoms with E-state index < -0.39 is 0 Å². The highest BCUT2D eigenvalue weighted by Gasteiger charge is 2.24. The van der Waals surface area contributed by atoms with Gasteiger partial charge < -0.3 is 15.5 Å². The lowest BCUT2D eigenvalue weighted by Crippen LogP contribution is -2.37. The smallest absolute Gasteiger partial charge is 0.134 e. The van der Waals surface area contributed by atoms with E-state index in [4.69, 9.17) is 0 Å². The van der Waals surface area contributed by atoms with Crippen LogP contribution in [0.3, 0.4) is 0 Å². The summed E-state index contributed by atoms with van der Waals surface area (Å²) in [6.45, 7) is 3.37. The van der Waals surface area contributed by atoms with Gasteiger partial charge in [-0.2, -0.15) is 0 Å². The molecule has 2 aromatic heterocycles. The van der Waals surface area contributed by atoms with Crippen LogP contribution >= 0.6 is 0 Å². The minimum Gasteiger partial charge on any atom is -0.371 e. The third-order valence-electron chi connectivity index (χ3n) is 5.15. The number of nitrogens with zero attached hydrogens (tertiary/aromatic N) is 4. The molecule has 0 bridgehead atoms. The van der Waals surface area contributed by atoms with Crippen LogP contribution in [0.4, 0.5) is 17.3 Å². The molecule has 6 heteroatoms. The Kier molecular flexibility index (Phi) is 3.48. The number of anilines is 3. The summed E-state index contributed by atoms with van der Waals surface area (Å²) in [7, 11) is 0. The summed E-state index contributed by atoms with van der Waals surface area (Å²) < 4.78 is 0. The fourth-order valence-corrected chi connectivity index (χ4v) is 3.50. The summed E-state index contributed by atoms with van der Waals surface area (Å²) in [6, 6.07) is 8.98. The van der Waals surface area contributed by atoms with Gasteiger partial charge in [0.2, 0.25) is 0 Å². The van der Waals surface area contributed by atoms with Crippen LogP contribution in [0.15, 0.2) is 43.0 Å². The molecule has 1 atom stereocenters. The first kappa shape index (κ1) is 14.6. The van der Waals surface area contributed by atoms with Crippen LogP contribution in [-0.4, -0.2) is 34.6 Å². The highest BCUT2D eigenvalue weighted by Crippen LogP contribution is 2.37. The standard InChI is InChI=1S/C19H20N6/c1-8-25(9-1)17-3-2-13(16-4-7-21-16)14-10-19(22-11-15(14)17)24-18-5-6-20-12-23-18/h2-3,5-6,10-12,16,21H,1,4,7-9H2,(H,20,22,23,24). The topological polar surface area (TPSA) is 66.0 Å². The Morgan fingerprint density at radius 1 is 1.08 bits per heavy atom. The number of fused-ring (bicyclic) bond motifs is 1. The van der Waals surface area contributed by atoms with E-state index in [9.17, 15) is 0 Å². The molecule has 2 aliphatic heterocycles. The SMILES string of the molecule is c1cc(Nc2cc3c(C4CCN4)ccc(N4CCC4)c3cn2)ncn1. The minimum absolute atomic E-state index is 0.447.